The Bertz CT molecular complexity index is 793. The summed E-state index contributed by atoms with van der Waals surface area (Å²) in [5.74, 6) is -1.26. The van der Waals surface area contributed by atoms with Gasteiger partial charge < -0.3 is 5.11 Å². The summed E-state index contributed by atoms with van der Waals surface area (Å²) in [6.07, 6.45) is 0. The fourth-order valence-corrected chi connectivity index (χ4v) is 3.99. The van der Waals surface area contributed by atoms with Gasteiger partial charge in [-0.1, -0.05) is 23.7 Å². The highest BCUT2D eigenvalue weighted by Crippen LogP contribution is 2.30. The summed E-state index contributed by atoms with van der Waals surface area (Å²) in [6, 6.07) is 12.1. The van der Waals surface area contributed by atoms with Crippen LogP contribution in [0.25, 0.3) is 0 Å². The Morgan fingerprint density at radius 3 is 2.27 bits per heavy atom. The third-order valence-corrected chi connectivity index (χ3v) is 5.50. The van der Waals surface area contributed by atoms with Crippen molar-refractivity contribution in [1.29, 1.82) is 0 Å². The first-order valence-corrected chi connectivity index (χ1v) is 8.68. The van der Waals surface area contributed by atoms with E-state index in [-0.39, 0.29) is 10.6 Å². The van der Waals surface area contributed by atoms with Gasteiger partial charge in [0.2, 0.25) is 0 Å². The van der Waals surface area contributed by atoms with Crippen molar-refractivity contribution >= 4 is 49.2 Å². The lowest BCUT2D eigenvalue weighted by atomic mass is 10.3. The van der Waals surface area contributed by atoms with Crippen molar-refractivity contribution in [2.75, 3.05) is 10.8 Å². The molecule has 0 radical (unpaired) electrons. The first kappa shape index (κ1) is 16.8. The number of carboxylic acids is 1. The van der Waals surface area contributed by atoms with Gasteiger partial charge in [0.05, 0.1) is 10.6 Å². The Morgan fingerprint density at radius 2 is 1.73 bits per heavy atom. The van der Waals surface area contributed by atoms with Crippen LogP contribution in [0, 0.1) is 0 Å². The van der Waals surface area contributed by atoms with Gasteiger partial charge in [-0.2, -0.15) is 0 Å². The lowest BCUT2D eigenvalue weighted by molar-refractivity contribution is -0.135. The molecule has 1 N–H and O–H groups in total. The Morgan fingerprint density at radius 1 is 1.14 bits per heavy atom. The van der Waals surface area contributed by atoms with Gasteiger partial charge >= 0.3 is 5.97 Å². The molecule has 2 rings (SSSR count). The molecule has 0 aliphatic rings. The fraction of sp³-hybridized carbons (Fsp3) is 0.0714. The summed E-state index contributed by atoms with van der Waals surface area (Å²) in [6.45, 7) is -0.687. The number of carbonyl (C=O) groups is 1. The van der Waals surface area contributed by atoms with Gasteiger partial charge in [0.15, 0.2) is 0 Å². The number of halogens is 2. The van der Waals surface area contributed by atoms with Gasteiger partial charge in [0, 0.05) is 9.50 Å². The minimum atomic E-state index is -4.02. The molecule has 5 nitrogen and oxygen atoms in total. The molecule has 22 heavy (non-hydrogen) atoms. The molecule has 8 heteroatoms. The average Bonchev–Trinajstić information content (AvgIpc) is 2.46. The van der Waals surface area contributed by atoms with E-state index in [2.05, 4.69) is 15.9 Å². The van der Waals surface area contributed by atoms with E-state index in [0.717, 1.165) is 4.31 Å². The summed E-state index contributed by atoms with van der Waals surface area (Å²) in [7, 11) is -4.02. The number of benzene rings is 2. The molecule has 2 aromatic rings. The molecule has 0 fully saturated rings. The third-order valence-electron chi connectivity index (χ3n) is 2.80. The summed E-state index contributed by atoms with van der Waals surface area (Å²) >= 11 is 9.00. The molecule has 0 aromatic heterocycles. The van der Waals surface area contributed by atoms with Crippen LogP contribution in [0.5, 0.6) is 0 Å². The van der Waals surface area contributed by atoms with E-state index in [1.54, 1.807) is 18.2 Å². The van der Waals surface area contributed by atoms with E-state index in [0.29, 0.717) is 9.50 Å². The monoisotopic (exact) mass is 403 g/mol. The Labute approximate surface area is 141 Å². The zero-order valence-electron chi connectivity index (χ0n) is 11.1. The number of hydrogen-bond acceptors (Lipinski definition) is 3. The smallest absolute Gasteiger partial charge is 0.324 e. The SMILES string of the molecule is O=C(O)CN(c1ccccc1Br)S(=O)(=O)c1ccc(Cl)cc1. The molecular formula is C14H11BrClNO4S. The summed E-state index contributed by atoms with van der Waals surface area (Å²) < 4.78 is 26.8. The molecule has 0 saturated carbocycles. The van der Waals surface area contributed by atoms with Crippen molar-refractivity contribution < 1.29 is 18.3 Å². The second-order valence-electron chi connectivity index (χ2n) is 4.31. The zero-order valence-corrected chi connectivity index (χ0v) is 14.3. The Balaban J connectivity index is 2.56. The Kier molecular flexibility index (Phi) is 5.10. The maximum atomic E-state index is 12.7. The number of anilines is 1. The average molecular weight is 405 g/mol. The van der Waals surface area contributed by atoms with Crippen LogP contribution in [0.15, 0.2) is 57.9 Å². The Hall–Kier alpha value is -1.57. The molecule has 0 spiro atoms. The van der Waals surface area contributed by atoms with E-state index in [4.69, 9.17) is 16.7 Å². The number of aliphatic carboxylic acids is 1. The van der Waals surface area contributed by atoms with E-state index in [1.807, 2.05) is 0 Å². The number of para-hydroxylation sites is 1. The molecule has 2 aromatic carbocycles. The highest BCUT2D eigenvalue weighted by atomic mass is 79.9. The topological polar surface area (TPSA) is 74.7 Å². The number of sulfonamides is 1. The number of nitrogens with zero attached hydrogens (tertiary/aromatic N) is 1. The van der Waals surface area contributed by atoms with Gasteiger partial charge in [-0.25, -0.2) is 8.42 Å². The number of hydrogen-bond donors (Lipinski definition) is 1. The molecular weight excluding hydrogens is 394 g/mol. The summed E-state index contributed by atoms with van der Waals surface area (Å²) in [5.41, 5.74) is 0.250. The summed E-state index contributed by atoms with van der Waals surface area (Å²) in [5, 5.41) is 9.44. The van der Waals surface area contributed by atoms with E-state index in [1.165, 1.54) is 30.3 Å². The summed E-state index contributed by atoms with van der Waals surface area (Å²) in [4.78, 5) is 11.1. The van der Waals surface area contributed by atoms with Crippen molar-refractivity contribution in [1.82, 2.24) is 0 Å². The predicted molar refractivity (Wildman–Crippen MR) is 87.8 cm³/mol. The van der Waals surface area contributed by atoms with Crippen molar-refractivity contribution in [3.63, 3.8) is 0 Å². The van der Waals surface area contributed by atoms with Crippen LogP contribution in [0.4, 0.5) is 5.69 Å². The van der Waals surface area contributed by atoms with Crippen LogP contribution < -0.4 is 4.31 Å². The molecule has 0 heterocycles. The largest absolute Gasteiger partial charge is 0.480 e. The molecule has 0 unspecified atom stereocenters. The molecule has 0 amide bonds. The standard InChI is InChI=1S/C14H11BrClNO4S/c15-12-3-1-2-4-13(12)17(9-14(18)19)22(20,21)11-7-5-10(16)6-8-11/h1-8H,9H2,(H,18,19). The lowest BCUT2D eigenvalue weighted by Crippen LogP contribution is -2.36. The minimum Gasteiger partial charge on any atom is -0.480 e. The van der Waals surface area contributed by atoms with Crippen molar-refractivity contribution in [2.24, 2.45) is 0 Å². The highest BCUT2D eigenvalue weighted by molar-refractivity contribution is 9.10. The van der Waals surface area contributed by atoms with Crippen LogP contribution in [0.1, 0.15) is 0 Å². The van der Waals surface area contributed by atoms with Gasteiger partial charge in [0.1, 0.15) is 6.54 Å². The zero-order chi connectivity index (χ0) is 16.3. The van der Waals surface area contributed by atoms with E-state index >= 15 is 0 Å². The lowest BCUT2D eigenvalue weighted by Gasteiger charge is -2.23. The van der Waals surface area contributed by atoms with E-state index < -0.39 is 22.5 Å². The molecule has 0 atom stereocenters. The molecule has 0 bridgehead atoms. The van der Waals surface area contributed by atoms with Crippen LogP contribution in [0.3, 0.4) is 0 Å². The third kappa shape index (κ3) is 3.60. The van der Waals surface area contributed by atoms with Gasteiger partial charge in [-0.05, 0) is 52.3 Å². The van der Waals surface area contributed by atoms with Crippen LogP contribution in [-0.4, -0.2) is 26.0 Å². The molecule has 0 aliphatic heterocycles. The van der Waals surface area contributed by atoms with Gasteiger partial charge in [-0.3, -0.25) is 9.10 Å². The normalized spacial score (nSPS) is 11.2. The quantitative estimate of drug-likeness (QED) is 0.829. The van der Waals surface area contributed by atoms with Gasteiger partial charge in [0.25, 0.3) is 10.0 Å². The van der Waals surface area contributed by atoms with Crippen molar-refractivity contribution in [2.45, 2.75) is 4.90 Å². The second-order valence-corrected chi connectivity index (χ2v) is 7.46. The number of carboxylic acid groups (broad SMARTS) is 1. The highest BCUT2D eigenvalue weighted by Gasteiger charge is 2.28. The van der Waals surface area contributed by atoms with Crippen LogP contribution in [0.2, 0.25) is 5.02 Å². The van der Waals surface area contributed by atoms with E-state index in [9.17, 15) is 13.2 Å². The number of rotatable bonds is 5. The minimum absolute atomic E-state index is 0.0334. The van der Waals surface area contributed by atoms with Crippen LogP contribution >= 0.6 is 27.5 Å². The van der Waals surface area contributed by atoms with Crippen LogP contribution in [-0.2, 0) is 14.8 Å². The fourth-order valence-electron chi connectivity index (χ4n) is 1.81. The van der Waals surface area contributed by atoms with Crippen molar-refractivity contribution in [3.8, 4) is 0 Å². The van der Waals surface area contributed by atoms with Crippen molar-refractivity contribution in [3.05, 3.63) is 58.0 Å². The first-order chi connectivity index (χ1) is 10.3. The molecule has 116 valence electrons. The van der Waals surface area contributed by atoms with Gasteiger partial charge in [-0.15, -0.1) is 0 Å². The molecule has 0 aliphatic carbocycles. The second kappa shape index (κ2) is 6.68. The first-order valence-electron chi connectivity index (χ1n) is 6.07. The predicted octanol–water partition coefficient (Wildman–Crippen LogP) is 3.38. The molecule has 0 saturated heterocycles. The maximum Gasteiger partial charge on any atom is 0.324 e. The maximum absolute atomic E-state index is 12.7.